The van der Waals surface area contributed by atoms with Crippen LogP contribution < -0.4 is 0 Å². The van der Waals surface area contributed by atoms with Crippen molar-refractivity contribution in [1.82, 2.24) is 24.6 Å². The number of aryl methyl sites for hydroxylation is 2. The Bertz CT molecular complexity index is 718. The second-order valence-electron chi connectivity index (χ2n) is 6.78. The van der Waals surface area contributed by atoms with E-state index < -0.39 is 0 Å². The van der Waals surface area contributed by atoms with E-state index in [0.29, 0.717) is 18.2 Å². The number of aromatic nitrogens is 4. The molecule has 128 valence electrons. The molecule has 2 aromatic rings. The molecule has 1 saturated heterocycles. The van der Waals surface area contributed by atoms with Crippen molar-refractivity contribution < 1.29 is 9.32 Å². The topological polar surface area (TPSA) is 77.0 Å². The highest BCUT2D eigenvalue weighted by Gasteiger charge is 2.35. The first kappa shape index (κ1) is 15.4. The molecule has 2 aliphatic rings. The summed E-state index contributed by atoms with van der Waals surface area (Å²) in [7, 11) is 0. The fourth-order valence-corrected chi connectivity index (χ4v) is 3.40. The van der Waals surface area contributed by atoms with Gasteiger partial charge in [-0.1, -0.05) is 5.16 Å². The number of amides is 1. The van der Waals surface area contributed by atoms with E-state index in [4.69, 9.17) is 4.52 Å². The molecule has 1 atom stereocenters. The molecule has 0 spiro atoms. The van der Waals surface area contributed by atoms with E-state index in [1.807, 2.05) is 18.0 Å². The van der Waals surface area contributed by atoms with Crippen LogP contribution in [0.25, 0.3) is 0 Å². The Labute approximate surface area is 141 Å². The number of imidazole rings is 1. The molecule has 2 aromatic heterocycles. The van der Waals surface area contributed by atoms with E-state index in [1.54, 1.807) is 6.20 Å². The van der Waals surface area contributed by atoms with Crippen LogP contribution in [0.2, 0.25) is 0 Å². The first-order chi connectivity index (χ1) is 11.7. The Balaban J connectivity index is 1.35. The molecular weight excluding hydrogens is 306 g/mol. The monoisotopic (exact) mass is 329 g/mol. The lowest BCUT2D eigenvalue weighted by Gasteiger charge is -2.22. The summed E-state index contributed by atoms with van der Waals surface area (Å²) in [6.45, 7) is 3.59. The largest absolute Gasteiger partial charge is 0.339 e. The zero-order valence-corrected chi connectivity index (χ0v) is 14.0. The Morgan fingerprint density at radius 2 is 2.25 bits per heavy atom. The number of hydrogen-bond donors (Lipinski definition) is 0. The zero-order valence-electron chi connectivity index (χ0n) is 14.0. The Hall–Kier alpha value is -2.18. The van der Waals surface area contributed by atoms with Gasteiger partial charge in [-0.3, -0.25) is 4.79 Å². The predicted octanol–water partition coefficient (Wildman–Crippen LogP) is 2.60. The minimum atomic E-state index is -0.0104. The molecule has 7 heteroatoms. The minimum absolute atomic E-state index is 0.0104. The summed E-state index contributed by atoms with van der Waals surface area (Å²) in [5.74, 6) is 3.07. The van der Waals surface area contributed by atoms with Gasteiger partial charge in [0.25, 0.3) is 0 Å². The maximum Gasteiger partial charge on any atom is 0.229 e. The summed E-state index contributed by atoms with van der Waals surface area (Å²) >= 11 is 0. The van der Waals surface area contributed by atoms with Gasteiger partial charge in [-0.05, 0) is 39.0 Å². The molecule has 0 N–H and O–H groups in total. The van der Waals surface area contributed by atoms with Crippen LogP contribution >= 0.6 is 0 Å². The van der Waals surface area contributed by atoms with Crippen LogP contribution in [-0.4, -0.2) is 37.0 Å². The second kappa shape index (κ2) is 6.37. The number of nitrogens with zero attached hydrogens (tertiary/aromatic N) is 5. The lowest BCUT2D eigenvalue weighted by Crippen LogP contribution is -2.31. The summed E-state index contributed by atoms with van der Waals surface area (Å²) < 4.78 is 7.44. The third-order valence-electron chi connectivity index (χ3n) is 4.97. The number of rotatable bonds is 6. The van der Waals surface area contributed by atoms with Crippen molar-refractivity contribution >= 4 is 5.91 Å². The van der Waals surface area contributed by atoms with Crippen molar-refractivity contribution in [3.05, 3.63) is 29.9 Å². The van der Waals surface area contributed by atoms with Crippen LogP contribution in [0.3, 0.4) is 0 Å². The smallest absolute Gasteiger partial charge is 0.229 e. The molecule has 0 radical (unpaired) electrons. The lowest BCUT2D eigenvalue weighted by molar-refractivity contribution is -0.132. The second-order valence-corrected chi connectivity index (χ2v) is 6.78. The normalized spacial score (nSPS) is 20.7. The van der Waals surface area contributed by atoms with Crippen LogP contribution in [0.5, 0.6) is 0 Å². The average Bonchev–Trinajstić information content (AvgIpc) is 3.00. The summed E-state index contributed by atoms with van der Waals surface area (Å²) in [6.07, 6.45) is 9.32. The highest BCUT2D eigenvalue weighted by Crippen LogP contribution is 2.40. The summed E-state index contributed by atoms with van der Waals surface area (Å²) in [6, 6.07) is -0.0104. The van der Waals surface area contributed by atoms with Crippen LogP contribution in [-0.2, 0) is 11.3 Å². The van der Waals surface area contributed by atoms with Gasteiger partial charge < -0.3 is 14.0 Å². The van der Waals surface area contributed by atoms with Crippen molar-refractivity contribution in [1.29, 1.82) is 0 Å². The van der Waals surface area contributed by atoms with Crippen molar-refractivity contribution in [2.24, 2.45) is 0 Å². The highest BCUT2D eigenvalue weighted by atomic mass is 16.5. The van der Waals surface area contributed by atoms with Gasteiger partial charge in [-0.25, -0.2) is 4.98 Å². The predicted molar refractivity (Wildman–Crippen MR) is 86.2 cm³/mol. The molecular formula is C17H23N5O2. The SMILES string of the molecule is Cc1nccn1CCCC(=O)N1CCC[C@H]1c1noc(C2CC2)n1. The van der Waals surface area contributed by atoms with Gasteiger partial charge in [0.1, 0.15) is 5.82 Å². The Kier molecular flexibility index (Phi) is 4.08. The van der Waals surface area contributed by atoms with E-state index in [9.17, 15) is 4.79 Å². The minimum Gasteiger partial charge on any atom is -0.339 e. The zero-order chi connectivity index (χ0) is 16.5. The van der Waals surface area contributed by atoms with Crippen molar-refractivity contribution in [3.63, 3.8) is 0 Å². The first-order valence-corrected chi connectivity index (χ1v) is 8.83. The fraction of sp³-hybridized carbons (Fsp3) is 0.647. The Morgan fingerprint density at radius 1 is 1.38 bits per heavy atom. The van der Waals surface area contributed by atoms with Gasteiger partial charge in [0, 0.05) is 37.8 Å². The van der Waals surface area contributed by atoms with E-state index in [0.717, 1.165) is 56.9 Å². The van der Waals surface area contributed by atoms with Gasteiger partial charge >= 0.3 is 0 Å². The third kappa shape index (κ3) is 3.07. The summed E-state index contributed by atoms with van der Waals surface area (Å²) in [5.41, 5.74) is 0. The molecule has 0 unspecified atom stereocenters. The van der Waals surface area contributed by atoms with E-state index in [1.165, 1.54) is 0 Å². The molecule has 1 amide bonds. The van der Waals surface area contributed by atoms with E-state index in [2.05, 4.69) is 19.7 Å². The van der Waals surface area contributed by atoms with Crippen LogP contribution in [0.1, 0.15) is 68.0 Å². The number of carbonyl (C=O) groups is 1. The molecule has 0 bridgehead atoms. The van der Waals surface area contributed by atoms with Gasteiger partial charge in [0.15, 0.2) is 5.82 Å². The average molecular weight is 329 g/mol. The molecule has 1 aliphatic heterocycles. The van der Waals surface area contributed by atoms with E-state index >= 15 is 0 Å². The van der Waals surface area contributed by atoms with Crippen LogP contribution in [0.15, 0.2) is 16.9 Å². The standard InChI is InChI=1S/C17H23N5O2/c1-12-18-8-11-21(12)9-3-5-15(23)22-10-2-4-14(22)16-19-17(24-20-16)13-6-7-13/h8,11,13-14H,2-7,9-10H2,1H3/t14-/m0/s1. The fourth-order valence-electron chi connectivity index (χ4n) is 3.40. The van der Waals surface area contributed by atoms with Crippen LogP contribution in [0, 0.1) is 6.92 Å². The molecule has 2 fully saturated rings. The van der Waals surface area contributed by atoms with E-state index in [-0.39, 0.29) is 11.9 Å². The van der Waals surface area contributed by atoms with Gasteiger partial charge in [-0.2, -0.15) is 4.98 Å². The first-order valence-electron chi connectivity index (χ1n) is 8.83. The number of carbonyl (C=O) groups excluding carboxylic acids is 1. The molecule has 3 heterocycles. The summed E-state index contributed by atoms with van der Waals surface area (Å²) in [5, 5.41) is 4.13. The maximum atomic E-state index is 12.6. The number of likely N-dealkylation sites (tertiary alicyclic amines) is 1. The third-order valence-corrected chi connectivity index (χ3v) is 4.97. The maximum absolute atomic E-state index is 12.6. The van der Waals surface area contributed by atoms with Gasteiger partial charge in [-0.15, -0.1) is 0 Å². The molecule has 0 aromatic carbocycles. The van der Waals surface area contributed by atoms with Crippen molar-refractivity contribution in [2.45, 2.75) is 64.0 Å². The van der Waals surface area contributed by atoms with Gasteiger partial charge in [0.05, 0.1) is 6.04 Å². The van der Waals surface area contributed by atoms with Crippen molar-refractivity contribution in [3.8, 4) is 0 Å². The Morgan fingerprint density at radius 3 is 3.00 bits per heavy atom. The van der Waals surface area contributed by atoms with Crippen LogP contribution in [0.4, 0.5) is 0 Å². The van der Waals surface area contributed by atoms with Gasteiger partial charge in [0.2, 0.25) is 11.8 Å². The molecule has 4 rings (SSSR count). The highest BCUT2D eigenvalue weighted by molar-refractivity contribution is 5.76. The molecule has 7 nitrogen and oxygen atoms in total. The molecule has 24 heavy (non-hydrogen) atoms. The summed E-state index contributed by atoms with van der Waals surface area (Å²) in [4.78, 5) is 23.3. The quantitative estimate of drug-likeness (QED) is 0.814. The lowest BCUT2D eigenvalue weighted by atomic mass is 10.2. The number of hydrogen-bond acceptors (Lipinski definition) is 5. The molecule has 1 aliphatic carbocycles. The van der Waals surface area contributed by atoms with Crippen molar-refractivity contribution in [2.75, 3.05) is 6.54 Å². The molecule has 1 saturated carbocycles.